The summed E-state index contributed by atoms with van der Waals surface area (Å²) in [5, 5.41) is 11.0. The molecule has 198 valence electrons. The van der Waals surface area contributed by atoms with Gasteiger partial charge < -0.3 is 24.2 Å². The number of alkyl halides is 3. The molecular weight excluding hydrogens is 498 g/mol. The van der Waals surface area contributed by atoms with E-state index in [1.54, 1.807) is 25.4 Å². The highest BCUT2D eigenvalue weighted by Crippen LogP contribution is 2.26. The van der Waals surface area contributed by atoms with Crippen LogP contribution in [0, 0.1) is 5.82 Å². The van der Waals surface area contributed by atoms with Gasteiger partial charge in [0.05, 0.1) is 13.3 Å². The average molecular weight is 523 g/mol. The molecule has 2 heterocycles. The van der Waals surface area contributed by atoms with Crippen molar-refractivity contribution in [3.05, 3.63) is 66.1 Å². The molecule has 1 fully saturated rings. The summed E-state index contributed by atoms with van der Waals surface area (Å²) < 4.78 is 55.5. The zero-order valence-electron chi connectivity index (χ0n) is 19.9. The molecule has 0 spiro atoms. The average Bonchev–Trinajstić information content (AvgIpc) is 3.36. The molecule has 2 aromatic carbocycles. The number of aryl methyl sites for hydroxylation is 1. The summed E-state index contributed by atoms with van der Waals surface area (Å²) in [6, 6.07) is 14.0. The van der Waals surface area contributed by atoms with Gasteiger partial charge in [0, 0.05) is 55.5 Å². The number of carbonyl (C=O) groups is 2. The first-order chi connectivity index (χ1) is 17.6. The fourth-order valence-corrected chi connectivity index (χ4v) is 3.70. The third-order valence-electron chi connectivity index (χ3n) is 5.65. The summed E-state index contributed by atoms with van der Waals surface area (Å²) >= 11 is 0. The lowest BCUT2D eigenvalue weighted by Gasteiger charge is -2.36. The quantitative estimate of drug-likeness (QED) is 0.479. The van der Waals surface area contributed by atoms with Crippen molar-refractivity contribution in [2.75, 3.05) is 38.2 Å². The first-order valence-electron chi connectivity index (χ1n) is 11.2. The lowest BCUT2D eigenvalue weighted by Crippen LogP contribution is -2.48. The van der Waals surface area contributed by atoms with Gasteiger partial charge in [-0.25, -0.2) is 9.18 Å². The molecule has 1 aliphatic heterocycles. The van der Waals surface area contributed by atoms with Gasteiger partial charge in [0.1, 0.15) is 11.6 Å². The fourth-order valence-electron chi connectivity index (χ4n) is 3.70. The summed E-state index contributed by atoms with van der Waals surface area (Å²) in [5.41, 5.74) is 2.71. The number of halogens is 4. The first-order valence-corrected chi connectivity index (χ1v) is 11.2. The van der Waals surface area contributed by atoms with Gasteiger partial charge in [-0.05, 0) is 42.8 Å². The van der Waals surface area contributed by atoms with Crippen LogP contribution in [0.1, 0.15) is 12.0 Å². The number of carboxylic acids is 1. The highest BCUT2D eigenvalue weighted by atomic mass is 19.4. The lowest BCUT2D eigenvalue weighted by atomic mass is 10.0. The number of aliphatic carboxylic acids is 1. The second kappa shape index (κ2) is 12.2. The third kappa shape index (κ3) is 7.69. The largest absolute Gasteiger partial charge is 0.497 e. The predicted octanol–water partition coefficient (Wildman–Crippen LogP) is 4.40. The van der Waals surface area contributed by atoms with Crippen LogP contribution in [0.3, 0.4) is 0 Å². The van der Waals surface area contributed by atoms with Gasteiger partial charge in [-0.3, -0.25) is 4.79 Å². The molecule has 0 bridgehead atoms. The number of ether oxygens (including phenoxy) is 1. The predicted molar refractivity (Wildman–Crippen MR) is 126 cm³/mol. The molecule has 1 N–H and O–H groups in total. The topological polar surface area (TPSA) is 96.1 Å². The van der Waals surface area contributed by atoms with E-state index in [4.69, 9.17) is 19.2 Å². The molecule has 0 saturated carbocycles. The van der Waals surface area contributed by atoms with Crippen LogP contribution >= 0.6 is 0 Å². The summed E-state index contributed by atoms with van der Waals surface area (Å²) in [6.45, 7) is 2.94. The van der Waals surface area contributed by atoms with Gasteiger partial charge >= 0.3 is 12.1 Å². The normalized spacial score (nSPS) is 13.5. The number of carbonyl (C=O) groups excluding carboxylic acids is 1. The summed E-state index contributed by atoms with van der Waals surface area (Å²) in [6.07, 6.45) is -2.54. The minimum Gasteiger partial charge on any atom is -0.497 e. The van der Waals surface area contributed by atoms with Gasteiger partial charge in [0.15, 0.2) is 5.76 Å². The number of rotatable bonds is 6. The van der Waals surface area contributed by atoms with Crippen molar-refractivity contribution in [3.63, 3.8) is 0 Å². The summed E-state index contributed by atoms with van der Waals surface area (Å²) in [4.78, 5) is 25.8. The molecule has 3 aromatic rings. The number of amides is 1. The number of piperazine rings is 1. The van der Waals surface area contributed by atoms with Crippen molar-refractivity contribution in [2.24, 2.45) is 0 Å². The number of methoxy groups -OCH3 is 1. The van der Waals surface area contributed by atoms with Gasteiger partial charge in [-0.1, -0.05) is 11.2 Å². The van der Waals surface area contributed by atoms with E-state index in [0.717, 1.165) is 35.7 Å². The molecule has 4 rings (SSSR count). The van der Waals surface area contributed by atoms with Crippen molar-refractivity contribution < 1.29 is 41.5 Å². The molecule has 1 amide bonds. The zero-order chi connectivity index (χ0) is 27.0. The molecule has 1 aliphatic rings. The van der Waals surface area contributed by atoms with Crippen LogP contribution in [0.2, 0.25) is 0 Å². The van der Waals surface area contributed by atoms with Gasteiger partial charge in [0.2, 0.25) is 5.91 Å². The Morgan fingerprint density at radius 1 is 1.08 bits per heavy atom. The Balaban J connectivity index is 0.000000479. The number of hydrogen-bond acceptors (Lipinski definition) is 6. The number of carboxylic acid groups (broad SMARTS) is 1. The Hall–Kier alpha value is -4.09. The molecule has 0 aliphatic carbocycles. The molecule has 0 unspecified atom stereocenters. The second-order valence-corrected chi connectivity index (χ2v) is 8.06. The van der Waals surface area contributed by atoms with Crippen molar-refractivity contribution in [2.45, 2.75) is 19.0 Å². The second-order valence-electron chi connectivity index (χ2n) is 8.06. The SMILES string of the molecule is COc1cccc(N2CCN(C(=O)CCc3cnoc3-c3ccc(F)cc3)CC2)c1.O=C(O)C(F)(F)F. The number of anilines is 1. The Morgan fingerprint density at radius 2 is 1.73 bits per heavy atom. The van der Waals surface area contributed by atoms with Gasteiger partial charge in [-0.15, -0.1) is 0 Å². The Kier molecular flexibility index (Phi) is 9.10. The molecule has 1 saturated heterocycles. The maximum Gasteiger partial charge on any atom is 0.490 e. The number of aromatic nitrogens is 1. The van der Waals surface area contributed by atoms with Gasteiger partial charge in [-0.2, -0.15) is 13.2 Å². The van der Waals surface area contributed by atoms with Crippen LogP contribution in [-0.4, -0.2) is 66.5 Å². The van der Waals surface area contributed by atoms with E-state index in [1.807, 2.05) is 23.1 Å². The highest BCUT2D eigenvalue weighted by molar-refractivity contribution is 5.77. The van der Waals surface area contributed by atoms with E-state index in [0.29, 0.717) is 31.7 Å². The minimum atomic E-state index is -5.08. The minimum absolute atomic E-state index is 0.117. The van der Waals surface area contributed by atoms with Crippen LogP contribution in [-0.2, 0) is 16.0 Å². The van der Waals surface area contributed by atoms with E-state index < -0.39 is 12.1 Å². The molecule has 0 atom stereocenters. The molecular formula is C25H25F4N3O5. The smallest absolute Gasteiger partial charge is 0.490 e. The standard InChI is InChI=1S/C23H24FN3O3.C2HF3O2/c1-29-21-4-2-3-20(15-21)26-11-13-27(14-12-26)22(28)10-7-18-16-25-30-23(18)17-5-8-19(24)9-6-17;3-2(4,5)1(6)7/h2-6,8-9,15-16H,7,10-14H2,1H3;(H,6,7). The molecule has 8 nitrogen and oxygen atoms in total. The van der Waals surface area contributed by atoms with E-state index in [-0.39, 0.29) is 11.7 Å². The van der Waals surface area contributed by atoms with E-state index in [2.05, 4.69) is 16.1 Å². The Bertz CT molecular complexity index is 1190. The number of nitrogens with zero attached hydrogens (tertiary/aromatic N) is 3. The zero-order valence-corrected chi connectivity index (χ0v) is 19.9. The maximum atomic E-state index is 13.2. The number of benzene rings is 2. The maximum absolute atomic E-state index is 13.2. The monoisotopic (exact) mass is 523 g/mol. The highest BCUT2D eigenvalue weighted by Gasteiger charge is 2.38. The van der Waals surface area contributed by atoms with Crippen LogP contribution in [0.4, 0.5) is 23.2 Å². The van der Waals surface area contributed by atoms with Crippen molar-refractivity contribution in [3.8, 4) is 17.1 Å². The van der Waals surface area contributed by atoms with Crippen molar-refractivity contribution in [1.82, 2.24) is 10.1 Å². The van der Waals surface area contributed by atoms with Crippen LogP contribution in [0.25, 0.3) is 11.3 Å². The van der Waals surface area contributed by atoms with Crippen LogP contribution in [0.5, 0.6) is 5.75 Å². The molecule has 12 heteroatoms. The Morgan fingerprint density at radius 3 is 2.32 bits per heavy atom. The van der Waals surface area contributed by atoms with Crippen molar-refractivity contribution in [1.29, 1.82) is 0 Å². The Labute approximate surface area is 210 Å². The van der Waals surface area contributed by atoms with Crippen LogP contribution < -0.4 is 9.64 Å². The number of hydrogen-bond donors (Lipinski definition) is 1. The fraction of sp³-hybridized carbons (Fsp3) is 0.320. The molecule has 37 heavy (non-hydrogen) atoms. The summed E-state index contributed by atoms with van der Waals surface area (Å²) in [7, 11) is 1.66. The third-order valence-corrected chi connectivity index (χ3v) is 5.65. The van der Waals surface area contributed by atoms with Gasteiger partial charge in [0.25, 0.3) is 0 Å². The van der Waals surface area contributed by atoms with Crippen LogP contribution in [0.15, 0.2) is 59.3 Å². The van der Waals surface area contributed by atoms with E-state index in [9.17, 15) is 22.4 Å². The van der Waals surface area contributed by atoms with E-state index in [1.165, 1.54) is 12.1 Å². The molecule has 1 aromatic heterocycles. The molecule has 0 radical (unpaired) electrons. The van der Waals surface area contributed by atoms with E-state index >= 15 is 0 Å². The first kappa shape index (κ1) is 27.5. The lowest BCUT2D eigenvalue weighted by molar-refractivity contribution is -0.192. The van der Waals surface area contributed by atoms with Crippen molar-refractivity contribution >= 4 is 17.6 Å². The summed E-state index contributed by atoms with van der Waals surface area (Å²) in [5.74, 6) is -1.52.